The van der Waals surface area contributed by atoms with Crippen LogP contribution in [0.4, 0.5) is 10.1 Å². The molecule has 0 radical (unpaired) electrons. The number of halogens is 2. The van der Waals surface area contributed by atoms with Gasteiger partial charge in [0.2, 0.25) is 0 Å². The lowest BCUT2D eigenvalue weighted by atomic mass is 10.0. The van der Waals surface area contributed by atoms with Gasteiger partial charge in [-0.3, -0.25) is 24.0 Å². The van der Waals surface area contributed by atoms with Crippen molar-refractivity contribution in [3.63, 3.8) is 0 Å². The maximum atomic E-state index is 15.2. The Morgan fingerprint density at radius 1 is 1.07 bits per heavy atom. The number of amides is 1. The second-order valence-corrected chi connectivity index (χ2v) is 10.7. The van der Waals surface area contributed by atoms with Crippen LogP contribution >= 0.6 is 12.4 Å². The molecule has 0 saturated carbocycles. The number of carboxylic acids is 1. The number of ether oxygens (including phenoxy) is 2. The number of pyridine rings is 1. The van der Waals surface area contributed by atoms with E-state index in [1.54, 1.807) is 79.5 Å². The molecule has 3 aromatic carbocycles. The molecule has 11 nitrogen and oxygen atoms in total. The van der Waals surface area contributed by atoms with Crippen LogP contribution in [-0.4, -0.2) is 44.5 Å². The van der Waals surface area contributed by atoms with Gasteiger partial charge in [0.15, 0.2) is 11.6 Å². The van der Waals surface area contributed by atoms with E-state index in [2.05, 4.69) is 10.3 Å². The zero-order valence-electron chi connectivity index (χ0n) is 25.3. The maximum Gasteiger partial charge on any atom is 0.320 e. The van der Waals surface area contributed by atoms with Crippen molar-refractivity contribution in [1.29, 1.82) is 0 Å². The van der Waals surface area contributed by atoms with E-state index >= 15 is 4.39 Å². The normalized spacial score (nSPS) is 12.2. The van der Waals surface area contributed by atoms with Crippen LogP contribution in [0, 0.1) is 18.7 Å². The highest BCUT2D eigenvalue weighted by atomic mass is 35.5. The highest BCUT2D eigenvalue weighted by Gasteiger charge is 2.26. The summed E-state index contributed by atoms with van der Waals surface area (Å²) < 4.78 is 29.3. The minimum atomic E-state index is -1.12. The van der Waals surface area contributed by atoms with E-state index in [1.807, 2.05) is 6.92 Å². The fourth-order valence-electron chi connectivity index (χ4n) is 5.15. The number of hydrogen-bond donors (Lipinski definition) is 3. The number of anilines is 1. The molecule has 240 valence electrons. The van der Waals surface area contributed by atoms with E-state index in [-0.39, 0.29) is 48.3 Å². The van der Waals surface area contributed by atoms with Gasteiger partial charge in [0.05, 0.1) is 24.0 Å². The largest absolute Gasteiger partial charge is 0.497 e. The second kappa shape index (κ2) is 14.3. The molecule has 0 aliphatic carbocycles. The van der Waals surface area contributed by atoms with Crippen LogP contribution in [0.15, 0.2) is 83.8 Å². The van der Waals surface area contributed by atoms with Crippen molar-refractivity contribution < 1.29 is 28.6 Å². The van der Waals surface area contributed by atoms with Crippen molar-refractivity contribution in [3.8, 4) is 22.9 Å². The smallest absolute Gasteiger partial charge is 0.320 e. The first kappa shape index (κ1) is 33.7. The van der Waals surface area contributed by atoms with E-state index < -0.39 is 29.3 Å². The highest BCUT2D eigenvalue weighted by Crippen LogP contribution is 2.33. The van der Waals surface area contributed by atoms with Crippen molar-refractivity contribution in [1.82, 2.24) is 14.3 Å². The van der Waals surface area contributed by atoms with Gasteiger partial charge >= 0.3 is 5.97 Å². The number of nitrogens with two attached hydrogens (primary N) is 1. The van der Waals surface area contributed by atoms with Gasteiger partial charge in [0.25, 0.3) is 11.5 Å². The summed E-state index contributed by atoms with van der Waals surface area (Å²) in [4.78, 5) is 42.8. The van der Waals surface area contributed by atoms with Gasteiger partial charge in [0.1, 0.15) is 23.1 Å². The van der Waals surface area contributed by atoms with Gasteiger partial charge in [0, 0.05) is 35.9 Å². The molecule has 5 rings (SSSR count). The Balaban J connectivity index is 0.00000480. The number of benzene rings is 3. The minimum absolute atomic E-state index is 0. The number of carbonyl (C=O) groups excluding carboxylic acids is 1. The highest BCUT2D eigenvalue weighted by molar-refractivity contribution is 6.05. The second-order valence-electron chi connectivity index (χ2n) is 10.7. The standard InChI is InChI=1S/C33H32FN5O6.ClH/c1-19(15-26(35)33(42)43)18-38-20(2)30(32(41)39(38)22-7-5-4-6-8-22)31(40)37-21-9-12-29(25(34)16-21)45-28-13-14-36-27-17-23(44-3)10-11-24(27)28;/h4-14,16-17,19,26H,15,18,35H2,1-3H3,(H,37,40)(H,42,43);1H/t19-,26?;/m1./s1. The van der Waals surface area contributed by atoms with Crippen molar-refractivity contribution in [2.45, 2.75) is 32.9 Å². The third-order valence-corrected chi connectivity index (χ3v) is 7.40. The van der Waals surface area contributed by atoms with E-state index in [0.717, 1.165) is 6.07 Å². The first-order chi connectivity index (χ1) is 21.6. The third-order valence-electron chi connectivity index (χ3n) is 7.40. The van der Waals surface area contributed by atoms with Crippen LogP contribution in [0.1, 0.15) is 29.4 Å². The molecule has 5 aromatic rings. The third kappa shape index (κ3) is 7.03. The van der Waals surface area contributed by atoms with Crippen LogP contribution in [0.2, 0.25) is 0 Å². The van der Waals surface area contributed by atoms with Gasteiger partial charge in [-0.05, 0) is 61.7 Å². The molecule has 1 amide bonds. The zero-order valence-corrected chi connectivity index (χ0v) is 26.1. The molecule has 0 saturated heterocycles. The van der Waals surface area contributed by atoms with Crippen molar-refractivity contribution in [2.24, 2.45) is 11.7 Å². The van der Waals surface area contributed by atoms with Crippen LogP contribution in [0.5, 0.6) is 17.2 Å². The average Bonchev–Trinajstić information content (AvgIpc) is 3.26. The topological polar surface area (TPSA) is 151 Å². The lowest BCUT2D eigenvalue weighted by Gasteiger charge is -2.19. The number of carboxylic acid groups (broad SMARTS) is 1. The molecule has 2 heterocycles. The number of para-hydroxylation sites is 1. The Bertz CT molecular complexity index is 1940. The first-order valence-corrected chi connectivity index (χ1v) is 14.1. The fraction of sp³-hybridized carbons (Fsp3) is 0.212. The number of methoxy groups -OCH3 is 1. The summed E-state index contributed by atoms with van der Waals surface area (Å²) in [5.74, 6) is -1.88. The molecule has 2 atom stereocenters. The van der Waals surface area contributed by atoms with Crippen molar-refractivity contribution in [2.75, 3.05) is 12.4 Å². The van der Waals surface area contributed by atoms with Crippen molar-refractivity contribution in [3.05, 3.63) is 106 Å². The molecular formula is C33H33ClFN5O6. The molecule has 13 heteroatoms. The summed E-state index contributed by atoms with van der Waals surface area (Å²) in [6, 6.07) is 18.5. The van der Waals surface area contributed by atoms with E-state index in [9.17, 15) is 19.5 Å². The summed E-state index contributed by atoms with van der Waals surface area (Å²) in [5.41, 5.74) is 6.64. The zero-order chi connectivity index (χ0) is 32.2. The lowest BCUT2D eigenvalue weighted by Crippen LogP contribution is -2.33. The molecule has 0 spiro atoms. The minimum Gasteiger partial charge on any atom is -0.497 e. The summed E-state index contributed by atoms with van der Waals surface area (Å²) in [6.07, 6.45) is 1.70. The van der Waals surface area contributed by atoms with Gasteiger partial charge in [-0.15, -0.1) is 12.4 Å². The average molecular weight is 650 g/mol. The molecule has 0 bridgehead atoms. The molecule has 0 fully saturated rings. The summed E-state index contributed by atoms with van der Waals surface area (Å²) in [6.45, 7) is 3.67. The molecule has 0 aliphatic heterocycles. The first-order valence-electron chi connectivity index (χ1n) is 14.1. The quantitative estimate of drug-likeness (QED) is 0.169. The molecular weight excluding hydrogens is 617 g/mol. The van der Waals surface area contributed by atoms with Gasteiger partial charge in [-0.1, -0.05) is 25.1 Å². The lowest BCUT2D eigenvalue weighted by molar-refractivity contribution is -0.138. The van der Waals surface area contributed by atoms with Gasteiger partial charge < -0.3 is 25.6 Å². The Morgan fingerprint density at radius 3 is 2.48 bits per heavy atom. The number of aliphatic carboxylic acids is 1. The maximum absolute atomic E-state index is 15.2. The van der Waals surface area contributed by atoms with Crippen LogP contribution < -0.4 is 26.1 Å². The van der Waals surface area contributed by atoms with Gasteiger partial charge in [-0.2, -0.15) is 0 Å². The molecule has 0 aliphatic rings. The molecule has 1 unspecified atom stereocenters. The van der Waals surface area contributed by atoms with E-state index in [4.69, 9.17) is 15.2 Å². The molecule has 2 aromatic heterocycles. The number of nitrogens with zero attached hydrogens (tertiary/aromatic N) is 3. The number of nitrogens with one attached hydrogen (secondary N) is 1. The number of rotatable bonds is 11. The number of fused-ring (bicyclic) bond motifs is 1. The summed E-state index contributed by atoms with van der Waals surface area (Å²) in [5, 5.41) is 12.5. The predicted octanol–water partition coefficient (Wildman–Crippen LogP) is 5.55. The Hall–Kier alpha value is -5.20. The fourth-order valence-corrected chi connectivity index (χ4v) is 5.15. The van der Waals surface area contributed by atoms with Crippen LogP contribution in [0.25, 0.3) is 16.6 Å². The number of carbonyl (C=O) groups is 2. The molecule has 4 N–H and O–H groups in total. The van der Waals surface area contributed by atoms with E-state index in [1.165, 1.54) is 16.8 Å². The monoisotopic (exact) mass is 649 g/mol. The SMILES string of the molecule is COc1ccc2c(Oc3ccc(NC(=O)c4c(C)n(C[C@H](C)CC(N)C(=O)O)n(-c5ccccc5)c4=O)cc3F)ccnc2c1.Cl. The molecule has 46 heavy (non-hydrogen) atoms. The van der Waals surface area contributed by atoms with Gasteiger partial charge in [-0.25, -0.2) is 9.07 Å². The Kier molecular flexibility index (Phi) is 10.5. The number of aromatic nitrogens is 3. The van der Waals surface area contributed by atoms with Crippen LogP contribution in [-0.2, 0) is 11.3 Å². The van der Waals surface area contributed by atoms with Crippen molar-refractivity contribution >= 4 is 40.9 Å². The predicted molar refractivity (Wildman–Crippen MR) is 174 cm³/mol. The number of hydrogen-bond acceptors (Lipinski definition) is 7. The Morgan fingerprint density at radius 2 is 1.80 bits per heavy atom. The summed E-state index contributed by atoms with van der Waals surface area (Å²) >= 11 is 0. The summed E-state index contributed by atoms with van der Waals surface area (Å²) in [7, 11) is 1.55. The van der Waals surface area contributed by atoms with Crippen LogP contribution in [0.3, 0.4) is 0 Å². The Labute approximate surface area is 269 Å². The van der Waals surface area contributed by atoms with E-state index in [0.29, 0.717) is 33.8 Å².